The minimum atomic E-state index is -0.513. The Kier molecular flexibility index (Phi) is 2.88. The number of hydrogen-bond donors (Lipinski definition) is 0. The van der Waals surface area contributed by atoms with Crippen LogP contribution in [0.2, 0.25) is 0 Å². The molecule has 1 aliphatic heterocycles. The van der Waals surface area contributed by atoms with Crippen molar-refractivity contribution < 1.29 is 14.3 Å². The predicted octanol–water partition coefficient (Wildman–Crippen LogP) is 0.835. The van der Waals surface area contributed by atoms with Gasteiger partial charge in [0.05, 0.1) is 12.3 Å². The highest BCUT2D eigenvalue weighted by Gasteiger charge is 2.25. The Bertz CT molecular complexity index is 278. The Balaban J connectivity index is 2.46. The zero-order valence-electron chi connectivity index (χ0n) is 8.61. The van der Waals surface area contributed by atoms with E-state index >= 15 is 0 Å². The molecule has 0 aromatic carbocycles. The van der Waals surface area contributed by atoms with Crippen LogP contribution >= 0.6 is 0 Å². The molecule has 1 rings (SSSR count). The highest BCUT2D eigenvalue weighted by Crippen LogP contribution is 2.11. The van der Waals surface area contributed by atoms with E-state index in [-0.39, 0.29) is 13.2 Å². The summed E-state index contributed by atoms with van der Waals surface area (Å²) in [6.07, 6.45) is 0.225. The molecule has 0 fully saturated rings. The van der Waals surface area contributed by atoms with E-state index in [1.165, 1.54) is 4.90 Å². The van der Waals surface area contributed by atoms with Gasteiger partial charge in [0, 0.05) is 0 Å². The second-order valence-electron chi connectivity index (χ2n) is 4.09. The van der Waals surface area contributed by atoms with Crippen LogP contribution in [-0.4, -0.2) is 41.8 Å². The van der Waals surface area contributed by atoms with Crippen molar-refractivity contribution >= 4 is 18.1 Å². The fourth-order valence-electron chi connectivity index (χ4n) is 0.995. The molecule has 0 spiro atoms. The van der Waals surface area contributed by atoms with E-state index in [0.717, 1.165) is 0 Å². The van der Waals surface area contributed by atoms with Crippen LogP contribution in [-0.2, 0) is 9.53 Å². The van der Waals surface area contributed by atoms with E-state index < -0.39 is 11.7 Å². The van der Waals surface area contributed by atoms with E-state index in [9.17, 15) is 9.59 Å². The number of amides is 1. The number of aldehydes is 1. The molecule has 0 aromatic heterocycles. The fraction of sp³-hybridized carbons (Fsp3) is 0.667. The summed E-state index contributed by atoms with van der Waals surface area (Å²) in [4.78, 5) is 27.0. The average molecular weight is 198 g/mol. The van der Waals surface area contributed by atoms with Crippen molar-refractivity contribution in [1.29, 1.82) is 0 Å². The lowest BCUT2D eigenvalue weighted by atomic mass is 10.2. The summed E-state index contributed by atoms with van der Waals surface area (Å²) in [5.41, 5.74) is -0.128. The van der Waals surface area contributed by atoms with Crippen LogP contribution in [0.25, 0.3) is 0 Å². The summed E-state index contributed by atoms with van der Waals surface area (Å²) in [5.74, 6) is 0. The van der Waals surface area contributed by atoms with Gasteiger partial charge >= 0.3 is 6.09 Å². The second kappa shape index (κ2) is 3.77. The maximum absolute atomic E-state index is 11.4. The number of carbonyl (C=O) groups excluding carboxylic acids is 2. The molecule has 1 amide bonds. The van der Waals surface area contributed by atoms with Crippen LogP contribution in [0, 0.1) is 0 Å². The molecule has 0 saturated carbocycles. The van der Waals surface area contributed by atoms with Crippen LogP contribution in [0.3, 0.4) is 0 Å². The molecule has 5 nitrogen and oxygen atoms in total. The summed E-state index contributed by atoms with van der Waals surface area (Å²) >= 11 is 0. The molecular weight excluding hydrogens is 184 g/mol. The van der Waals surface area contributed by atoms with Gasteiger partial charge in [0.15, 0.2) is 6.29 Å². The third-order valence-corrected chi connectivity index (χ3v) is 1.59. The lowest BCUT2D eigenvalue weighted by Gasteiger charge is -2.23. The Morgan fingerprint density at radius 2 is 2.21 bits per heavy atom. The molecule has 0 aliphatic carbocycles. The second-order valence-corrected chi connectivity index (χ2v) is 4.09. The fourth-order valence-corrected chi connectivity index (χ4v) is 0.995. The first-order chi connectivity index (χ1) is 6.42. The normalized spacial score (nSPS) is 16.5. The van der Waals surface area contributed by atoms with E-state index in [4.69, 9.17) is 4.74 Å². The molecule has 0 atom stereocenters. The summed E-state index contributed by atoms with van der Waals surface area (Å²) in [6, 6.07) is 0. The molecule has 1 aliphatic rings. The van der Waals surface area contributed by atoms with Crippen LogP contribution in [0.4, 0.5) is 4.79 Å². The summed E-state index contributed by atoms with van der Waals surface area (Å²) in [7, 11) is 0. The van der Waals surface area contributed by atoms with E-state index in [1.54, 1.807) is 20.8 Å². The molecule has 0 unspecified atom stereocenters. The van der Waals surface area contributed by atoms with Crippen molar-refractivity contribution in [2.24, 2.45) is 4.99 Å². The minimum absolute atomic E-state index is 0.211. The van der Waals surface area contributed by atoms with Gasteiger partial charge in [-0.05, 0) is 20.8 Å². The summed E-state index contributed by atoms with van der Waals surface area (Å²) < 4.78 is 5.11. The van der Waals surface area contributed by atoms with E-state index in [1.807, 2.05) is 0 Å². The van der Waals surface area contributed by atoms with Crippen molar-refractivity contribution in [2.75, 3.05) is 13.2 Å². The van der Waals surface area contributed by atoms with Gasteiger partial charge in [-0.1, -0.05) is 0 Å². The van der Waals surface area contributed by atoms with Crippen LogP contribution in [0.5, 0.6) is 0 Å². The zero-order chi connectivity index (χ0) is 10.8. The molecule has 78 valence electrons. The average Bonchev–Trinajstić information content (AvgIpc) is 2.48. The van der Waals surface area contributed by atoms with Crippen LogP contribution in [0.15, 0.2) is 4.99 Å². The van der Waals surface area contributed by atoms with Crippen LogP contribution in [0.1, 0.15) is 20.8 Å². The van der Waals surface area contributed by atoms with Gasteiger partial charge in [-0.25, -0.2) is 4.79 Å². The van der Waals surface area contributed by atoms with Crippen molar-refractivity contribution in [1.82, 2.24) is 4.90 Å². The molecule has 5 heteroatoms. The van der Waals surface area contributed by atoms with Crippen LogP contribution < -0.4 is 0 Å². The molecule has 1 heterocycles. The van der Waals surface area contributed by atoms with Gasteiger partial charge in [0.1, 0.15) is 12.3 Å². The summed E-state index contributed by atoms with van der Waals surface area (Å²) in [5, 5.41) is 0. The molecule has 0 bridgehead atoms. The zero-order valence-corrected chi connectivity index (χ0v) is 8.61. The van der Waals surface area contributed by atoms with Gasteiger partial charge < -0.3 is 4.74 Å². The van der Waals surface area contributed by atoms with Gasteiger partial charge in [-0.2, -0.15) is 0 Å². The minimum Gasteiger partial charge on any atom is -0.444 e. The highest BCUT2D eigenvalue weighted by molar-refractivity contribution is 6.30. The Labute approximate surface area is 82.7 Å². The van der Waals surface area contributed by atoms with Crippen molar-refractivity contribution in [3.05, 3.63) is 0 Å². The first kappa shape index (κ1) is 10.7. The number of aliphatic imine (C=N–C) groups is 1. The first-order valence-corrected chi connectivity index (χ1v) is 4.39. The lowest BCUT2D eigenvalue weighted by Crippen LogP contribution is -2.36. The third-order valence-electron chi connectivity index (χ3n) is 1.59. The first-order valence-electron chi connectivity index (χ1n) is 4.39. The smallest absolute Gasteiger partial charge is 0.412 e. The number of ether oxygens (including phenoxy) is 1. The number of carbonyl (C=O) groups is 2. The number of hydrogen-bond acceptors (Lipinski definition) is 4. The number of rotatable bonds is 1. The monoisotopic (exact) mass is 198 g/mol. The van der Waals surface area contributed by atoms with E-state index in [0.29, 0.717) is 12.0 Å². The topological polar surface area (TPSA) is 59.0 Å². The quantitative estimate of drug-likeness (QED) is 0.586. The molecular formula is C9H14N2O3. The van der Waals surface area contributed by atoms with Gasteiger partial charge in [-0.3, -0.25) is 14.7 Å². The van der Waals surface area contributed by atoms with Crippen molar-refractivity contribution in [3.63, 3.8) is 0 Å². The Hall–Kier alpha value is -1.39. The molecule has 0 N–H and O–H groups in total. The van der Waals surface area contributed by atoms with Gasteiger partial charge in [-0.15, -0.1) is 0 Å². The Morgan fingerprint density at radius 1 is 1.57 bits per heavy atom. The SMILES string of the molecule is CC(C)(C)OC(=O)N1CN=C(C=O)C1. The Morgan fingerprint density at radius 3 is 2.64 bits per heavy atom. The highest BCUT2D eigenvalue weighted by atomic mass is 16.6. The van der Waals surface area contributed by atoms with Gasteiger partial charge in [0.25, 0.3) is 0 Å². The van der Waals surface area contributed by atoms with Crippen molar-refractivity contribution in [2.45, 2.75) is 26.4 Å². The lowest BCUT2D eigenvalue weighted by molar-refractivity contribution is -0.102. The largest absolute Gasteiger partial charge is 0.444 e. The number of nitrogens with zero attached hydrogens (tertiary/aromatic N) is 2. The van der Waals surface area contributed by atoms with Gasteiger partial charge in [0.2, 0.25) is 0 Å². The predicted molar refractivity (Wildman–Crippen MR) is 51.3 cm³/mol. The van der Waals surface area contributed by atoms with Crippen molar-refractivity contribution in [3.8, 4) is 0 Å². The standard InChI is InChI=1S/C9H14N2O3/c1-9(2,3)14-8(13)11-4-7(5-12)10-6-11/h5H,4,6H2,1-3H3. The maximum Gasteiger partial charge on any atom is 0.412 e. The molecule has 14 heavy (non-hydrogen) atoms. The summed E-state index contributed by atoms with van der Waals surface area (Å²) in [6.45, 7) is 5.84. The van der Waals surface area contributed by atoms with E-state index in [2.05, 4.69) is 4.99 Å². The third kappa shape index (κ3) is 2.83. The molecule has 0 saturated heterocycles. The maximum atomic E-state index is 11.4. The molecule has 0 radical (unpaired) electrons. The molecule has 0 aromatic rings.